The van der Waals surface area contributed by atoms with Gasteiger partial charge in [0, 0.05) is 16.1 Å². The summed E-state index contributed by atoms with van der Waals surface area (Å²) >= 11 is 3.27. The average Bonchev–Trinajstić information content (AvgIpc) is 2.06. The molecular formula is C10H11BrFN. The number of hydrogen-bond acceptors (Lipinski definition) is 1. The largest absolute Gasteiger partial charge is 0.325 e. The third-order valence-corrected chi connectivity index (χ3v) is 2.03. The molecule has 3 heteroatoms. The van der Waals surface area contributed by atoms with E-state index in [4.69, 9.17) is 5.73 Å². The van der Waals surface area contributed by atoms with Crippen molar-refractivity contribution in [2.24, 2.45) is 5.73 Å². The van der Waals surface area contributed by atoms with Crippen LogP contribution in [0.2, 0.25) is 0 Å². The van der Waals surface area contributed by atoms with Crippen molar-refractivity contribution in [2.45, 2.75) is 13.0 Å². The first kappa shape index (κ1) is 10.4. The summed E-state index contributed by atoms with van der Waals surface area (Å²) in [6.45, 7) is 1.84. The van der Waals surface area contributed by atoms with Gasteiger partial charge in [-0.2, -0.15) is 0 Å². The first-order valence-corrected chi connectivity index (χ1v) is 4.78. The van der Waals surface area contributed by atoms with E-state index in [-0.39, 0.29) is 11.9 Å². The fourth-order valence-electron chi connectivity index (χ4n) is 0.898. The quantitative estimate of drug-likeness (QED) is 0.850. The highest BCUT2D eigenvalue weighted by atomic mass is 79.9. The van der Waals surface area contributed by atoms with E-state index in [0.29, 0.717) is 5.56 Å². The molecule has 0 aliphatic carbocycles. The van der Waals surface area contributed by atoms with Gasteiger partial charge < -0.3 is 5.73 Å². The van der Waals surface area contributed by atoms with Gasteiger partial charge in [0.05, 0.1) is 0 Å². The Hall–Kier alpha value is -0.670. The first-order chi connectivity index (χ1) is 6.09. The van der Waals surface area contributed by atoms with Crippen LogP contribution in [0.4, 0.5) is 4.39 Å². The summed E-state index contributed by atoms with van der Waals surface area (Å²) in [6.07, 6.45) is 3.44. The maximum Gasteiger partial charge on any atom is 0.130 e. The summed E-state index contributed by atoms with van der Waals surface area (Å²) in [5.74, 6) is -0.236. The third kappa shape index (κ3) is 3.28. The molecule has 0 saturated heterocycles. The average molecular weight is 244 g/mol. The molecule has 1 rings (SSSR count). The number of hydrogen-bond donors (Lipinski definition) is 1. The first-order valence-electron chi connectivity index (χ1n) is 3.98. The van der Waals surface area contributed by atoms with Crippen LogP contribution in [0.15, 0.2) is 28.7 Å². The SMILES string of the molecule is CC(N)/C=C/c1cc(Br)ccc1F. The van der Waals surface area contributed by atoms with Crippen molar-refractivity contribution in [1.82, 2.24) is 0 Å². The molecule has 0 bridgehead atoms. The van der Waals surface area contributed by atoms with Crippen molar-refractivity contribution >= 4 is 22.0 Å². The number of halogens is 2. The molecule has 13 heavy (non-hydrogen) atoms. The van der Waals surface area contributed by atoms with E-state index in [9.17, 15) is 4.39 Å². The number of rotatable bonds is 2. The smallest absolute Gasteiger partial charge is 0.130 e. The number of benzene rings is 1. The van der Waals surface area contributed by atoms with Crippen LogP contribution in [0.1, 0.15) is 12.5 Å². The Kier molecular flexibility index (Phi) is 3.63. The fraction of sp³-hybridized carbons (Fsp3) is 0.200. The van der Waals surface area contributed by atoms with Crippen LogP contribution in [0.3, 0.4) is 0 Å². The molecule has 1 atom stereocenters. The monoisotopic (exact) mass is 243 g/mol. The van der Waals surface area contributed by atoms with E-state index in [1.807, 2.05) is 6.92 Å². The molecule has 70 valence electrons. The van der Waals surface area contributed by atoms with Crippen molar-refractivity contribution in [3.63, 3.8) is 0 Å². The zero-order valence-corrected chi connectivity index (χ0v) is 8.88. The highest BCUT2D eigenvalue weighted by molar-refractivity contribution is 9.10. The summed E-state index contributed by atoms with van der Waals surface area (Å²) in [4.78, 5) is 0. The third-order valence-electron chi connectivity index (χ3n) is 1.54. The van der Waals surface area contributed by atoms with Gasteiger partial charge in [-0.25, -0.2) is 4.39 Å². The summed E-state index contributed by atoms with van der Waals surface area (Å²) in [5.41, 5.74) is 6.06. The molecule has 0 aliphatic heterocycles. The molecular weight excluding hydrogens is 233 g/mol. The van der Waals surface area contributed by atoms with Gasteiger partial charge in [-0.1, -0.05) is 28.1 Å². The molecule has 0 fully saturated rings. The minimum absolute atomic E-state index is 0.0571. The zero-order chi connectivity index (χ0) is 9.84. The van der Waals surface area contributed by atoms with Gasteiger partial charge in [-0.15, -0.1) is 0 Å². The minimum Gasteiger partial charge on any atom is -0.325 e. The Labute approximate surface area is 85.6 Å². The van der Waals surface area contributed by atoms with Gasteiger partial charge in [-0.3, -0.25) is 0 Å². The van der Waals surface area contributed by atoms with E-state index in [2.05, 4.69) is 15.9 Å². The Morgan fingerprint density at radius 3 is 2.85 bits per heavy atom. The molecule has 2 N–H and O–H groups in total. The van der Waals surface area contributed by atoms with Crippen LogP contribution in [0, 0.1) is 5.82 Å². The molecule has 0 spiro atoms. The maximum atomic E-state index is 13.1. The molecule has 0 aromatic heterocycles. The molecule has 0 radical (unpaired) electrons. The van der Waals surface area contributed by atoms with Crippen molar-refractivity contribution in [3.05, 3.63) is 40.1 Å². The topological polar surface area (TPSA) is 26.0 Å². The second-order valence-corrected chi connectivity index (χ2v) is 3.80. The Morgan fingerprint density at radius 1 is 1.54 bits per heavy atom. The molecule has 1 unspecified atom stereocenters. The summed E-state index contributed by atoms with van der Waals surface area (Å²) < 4.78 is 14.0. The normalized spacial score (nSPS) is 13.5. The van der Waals surface area contributed by atoms with Gasteiger partial charge in [0.25, 0.3) is 0 Å². The lowest BCUT2D eigenvalue weighted by Crippen LogP contribution is -2.09. The van der Waals surface area contributed by atoms with Crippen molar-refractivity contribution in [1.29, 1.82) is 0 Å². The Bertz CT molecular complexity index is 321. The lowest BCUT2D eigenvalue weighted by Gasteiger charge is -1.99. The van der Waals surface area contributed by atoms with Crippen LogP contribution in [-0.2, 0) is 0 Å². The van der Waals surface area contributed by atoms with Crippen LogP contribution in [-0.4, -0.2) is 6.04 Å². The maximum absolute atomic E-state index is 13.1. The lowest BCUT2D eigenvalue weighted by molar-refractivity contribution is 0.624. The van der Waals surface area contributed by atoms with Gasteiger partial charge in [0.15, 0.2) is 0 Å². The molecule has 1 aromatic rings. The van der Waals surface area contributed by atoms with E-state index >= 15 is 0 Å². The van der Waals surface area contributed by atoms with Crippen LogP contribution in [0.5, 0.6) is 0 Å². The van der Waals surface area contributed by atoms with E-state index in [1.54, 1.807) is 24.3 Å². The van der Waals surface area contributed by atoms with Crippen LogP contribution < -0.4 is 5.73 Å². The second-order valence-electron chi connectivity index (χ2n) is 2.88. The fourth-order valence-corrected chi connectivity index (χ4v) is 1.28. The Balaban J connectivity index is 2.93. The summed E-state index contributed by atoms with van der Waals surface area (Å²) in [5, 5.41) is 0. The molecule has 0 amide bonds. The van der Waals surface area contributed by atoms with Gasteiger partial charge in [-0.05, 0) is 25.1 Å². The predicted molar refractivity (Wildman–Crippen MR) is 56.8 cm³/mol. The van der Waals surface area contributed by atoms with Crippen LogP contribution >= 0.6 is 15.9 Å². The highest BCUT2D eigenvalue weighted by Gasteiger charge is 1.98. The predicted octanol–water partition coefficient (Wildman–Crippen LogP) is 2.95. The molecule has 1 aromatic carbocycles. The van der Waals surface area contributed by atoms with E-state index in [1.165, 1.54) is 6.07 Å². The molecule has 0 aliphatic rings. The number of nitrogens with two attached hydrogens (primary N) is 1. The van der Waals surface area contributed by atoms with Gasteiger partial charge in [0.2, 0.25) is 0 Å². The van der Waals surface area contributed by atoms with Crippen molar-refractivity contribution < 1.29 is 4.39 Å². The summed E-state index contributed by atoms with van der Waals surface area (Å²) in [6, 6.07) is 4.75. The van der Waals surface area contributed by atoms with Crippen molar-refractivity contribution in [2.75, 3.05) is 0 Å². The standard InChI is InChI=1S/C10H11BrFN/c1-7(13)2-3-8-6-9(11)4-5-10(8)12/h2-7H,13H2,1H3/b3-2+. The lowest BCUT2D eigenvalue weighted by atomic mass is 10.2. The van der Waals surface area contributed by atoms with Gasteiger partial charge >= 0.3 is 0 Å². The minimum atomic E-state index is -0.236. The molecule has 0 saturated carbocycles. The zero-order valence-electron chi connectivity index (χ0n) is 7.30. The molecule has 1 nitrogen and oxygen atoms in total. The Morgan fingerprint density at radius 2 is 2.23 bits per heavy atom. The second kappa shape index (κ2) is 4.53. The summed E-state index contributed by atoms with van der Waals surface area (Å²) in [7, 11) is 0. The van der Waals surface area contributed by atoms with Crippen LogP contribution in [0.25, 0.3) is 6.08 Å². The van der Waals surface area contributed by atoms with Crippen molar-refractivity contribution in [3.8, 4) is 0 Å². The van der Waals surface area contributed by atoms with Gasteiger partial charge in [0.1, 0.15) is 5.82 Å². The highest BCUT2D eigenvalue weighted by Crippen LogP contribution is 2.16. The van der Waals surface area contributed by atoms with E-state index < -0.39 is 0 Å². The molecule has 0 heterocycles. The van der Waals surface area contributed by atoms with E-state index in [0.717, 1.165) is 4.47 Å².